The van der Waals surface area contributed by atoms with Crippen LogP contribution in [0.15, 0.2) is 64.1 Å². The van der Waals surface area contributed by atoms with Crippen molar-refractivity contribution in [3.8, 4) is 11.3 Å². The number of non-ortho nitro benzene ring substituents is 1. The normalized spacial score (nSPS) is 10.8. The molecule has 0 bridgehead atoms. The number of anilines is 1. The number of rotatable bonds is 7. The molecule has 3 aromatic rings. The number of carbonyl (C=O) groups is 1. The Hall–Kier alpha value is -3.65. The van der Waals surface area contributed by atoms with Crippen LogP contribution in [-0.2, 0) is 4.79 Å². The number of halogens is 1. The molecule has 8 nitrogen and oxygen atoms in total. The van der Waals surface area contributed by atoms with Gasteiger partial charge in [0.05, 0.1) is 22.7 Å². The Morgan fingerprint density at radius 1 is 1.24 bits per heavy atom. The van der Waals surface area contributed by atoms with E-state index in [2.05, 4.69) is 15.8 Å². The zero-order chi connectivity index (χ0) is 20.8. The van der Waals surface area contributed by atoms with Crippen molar-refractivity contribution >= 4 is 35.1 Å². The maximum absolute atomic E-state index is 11.9. The van der Waals surface area contributed by atoms with Crippen molar-refractivity contribution in [3.63, 3.8) is 0 Å². The SMILES string of the molecule is Cc1cccc(NCC(=O)N/N=C\c2ccc(-c3cc([N+](=O)[O-])ccc3Cl)o2)c1. The fraction of sp³-hybridized carbons (Fsp3) is 0.100. The lowest BCUT2D eigenvalue weighted by Crippen LogP contribution is -2.25. The number of benzene rings is 2. The van der Waals surface area contributed by atoms with Gasteiger partial charge in [0.2, 0.25) is 0 Å². The molecule has 2 N–H and O–H groups in total. The van der Waals surface area contributed by atoms with Crippen LogP contribution in [0.4, 0.5) is 11.4 Å². The number of amides is 1. The van der Waals surface area contributed by atoms with Gasteiger partial charge in [-0.1, -0.05) is 23.7 Å². The quantitative estimate of drug-likeness (QED) is 0.340. The highest BCUT2D eigenvalue weighted by atomic mass is 35.5. The summed E-state index contributed by atoms with van der Waals surface area (Å²) in [6.07, 6.45) is 1.33. The molecule has 29 heavy (non-hydrogen) atoms. The molecule has 0 saturated carbocycles. The van der Waals surface area contributed by atoms with Crippen LogP contribution >= 0.6 is 11.6 Å². The second kappa shape index (κ2) is 9.03. The molecule has 0 aliphatic heterocycles. The summed E-state index contributed by atoms with van der Waals surface area (Å²) in [4.78, 5) is 22.3. The van der Waals surface area contributed by atoms with Gasteiger partial charge in [-0.3, -0.25) is 14.9 Å². The highest BCUT2D eigenvalue weighted by Crippen LogP contribution is 2.32. The smallest absolute Gasteiger partial charge is 0.270 e. The monoisotopic (exact) mass is 412 g/mol. The van der Waals surface area contributed by atoms with Crippen molar-refractivity contribution in [1.82, 2.24) is 5.43 Å². The first-order chi connectivity index (χ1) is 13.9. The van der Waals surface area contributed by atoms with Crippen LogP contribution in [0.5, 0.6) is 0 Å². The van der Waals surface area contributed by atoms with Gasteiger partial charge in [-0.2, -0.15) is 5.10 Å². The third-order valence-electron chi connectivity index (χ3n) is 3.91. The van der Waals surface area contributed by atoms with E-state index in [1.165, 1.54) is 24.4 Å². The second-order valence-electron chi connectivity index (χ2n) is 6.14. The van der Waals surface area contributed by atoms with E-state index in [0.717, 1.165) is 11.3 Å². The third-order valence-corrected chi connectivity index (χ3v) is 4.23. The average Bonchev–Trinajstić information content (AvgIpc) is 3.15. The molecule has 1 aromatic heterocycles. The number of aryl methyl sites for hydroxylation is 1. The lowest BCUT2D eigenvalue weighted by Gasteiger charge is -2.05. The van der Waals surface area contributed by atoms with Crippen LogP contribution < -0.4 is 10.7 Å². The molecule has 148 valence electrons. The molecular formula is C20H17ClN4O4. The third kappa shape index (κ3) is 5.43. The van der Waals surface area contributed by atoms with Gasteiger partial charge < -0.3 is 9.73 Å². The molecule has 0 spiro atoms. The number of nitro benzene ring substituents is 1. The molecule has 0 unspecified atom stereocenters. The van der Waals surface area contributed by atoms with E-state index < -0.39 is 4.92 Å². The van der Waals surface area contributed by atoms with E-state index in [1.54, 1.807) is 12.1 Å². The van der Waals surface area contributed by atoms with Crippen LogP contribution in [0.25, 0.3) is 11.3 Å². The van der Waals surface area contributed by atoms with Gasteiger partial charge in [0.15, 0.2) is 0 Å². The van der Waals surface area contributed by atoms with E-state index in [0.29, 0.717) is 22.1 Å². The summed E-state index contributed by atoms with van der Waals surface area (Å²) < 4.78 is 5.59. The van der Waals surface area contributed by atoms with Crippen LogP contribution in [0.1, 0.15) is 11.3 Å². The lowest BCUT2D eigenvalue weighted by molar-refractivity contribution is -0.384. The minimum atomic E-state index is -0.508. The second-order valence-corrected chi connectivity index (χ2v) is 6.55. The molecule has 0 aliphatic rings. The number of nitro groups is 1. The summed E-state index contributed by atoms with van der Waals surface area (Å²) >= 11 is 6.11. The Morgan fingerprint density at radius 3 is 2.83 bits per heavy atom. The van der Waals surface area contributed by atoms with Gasteiger partial charge >= 0.3 is 0 Å². The molecule has 9 heteroatoms. The number of hydrogen-bond acceptors (Lipinski definition) is 6. The molecule has 3 rings (SSSR count). The summed E-state index contributed by atoms with van der Waals surface area (Å²) in [5, 5.41) is 18.1. The highest BCUT2D eigenvalue weighted by Gasteiger charge is 2.14. The number of nitrogens with zero attached hydrogens (tertiary/aromatic N) is 2. The summed E-state index contributed by atoms with van der Waals surface area (Å²) in [5.74, 6) is 0.387. The Morgan fingerprint density at radius 2 is 2.07 bits per heavy atom. The van der Waals surface area contributed by atoms with E-state index in [9.17, 15) is 14.9 Å². The molecule has 0 atom stereocenters. The van der Waals surface area contributed by atoms with E-state index >= 15 is 0 Å². The fourth-order valence-corrected chi connectivity index (χ4v) is 2.74. The minimum Gasteiger partial charge on any atom is -0.455 e. The maximum atomic E-state index is 11.9. The van der Waals surface area contributed by atoms with Crippen LogP contribution in [0.2, 0.25) is 5.02 Å². The van der Waals surface area contributed by atoms with Crippen LogP contribution in [-0.4, -0.2) is 23.6 Å². The number of hydrazone groups is 1. The summed E-state index contributed by atoms with van der Waals surface area (Å²) in [7, 11) is 0. The molecule has 0 fully saturated rings. The van der Waals surface area contributed by atoms with Gasteiger partial charge in [0.1, 0.15) is 11.5 Å². The highest BCUT2D eigenvalue weighted by molar-refractivity contribution is 6.33. The predicted octanol–water partition coefficient (Wildman–Crippen LogP) is 4.38. The zero-order valence-electron chi connectivity index (χ0n) is 15.4. The molecule has 0 aliphatic carbocycles. The molecule has 1 amide bonds. The predicted molar refractivity (Wildman–Crippen MR) is 111 cm³/mol. The molecule has 0 radical (unpaired) electrons. The van der Waals surface area contributed by atoms with Crippen molar-refractivity contribution < 1.29 is 14.1 Å². The van der Waals surface area contributed by atoms with Gasteiger partial charge in [-0.05, 0) is 42.8 Å². The first-order valence-electron chi connectivity index (χ1n) is 8.59. The molecule has 2 aromatic carbocycles. The van der Waals surface area contributed by atoms with Gasteiger partial charge in [0, 0.05) is 23.4 Å². The largest absolute Gasteiger partial charge is 0.455 e. The summed E-state index contributed by atoms with van der Waals surface area (Å²) in [5.41, 5.74) is 4.63. The summed E-state index contributed by atoms with van der Waals surface area (Å²) in [6, 6.07) is 15.0. The fourth-order valence-electron chi connectivity index (χ4n) is 2.53. The Labute approximate surface area is 171 Å². The number of carbonyl (C=O) groups excluding carboxylic acids is 1. The Kier molecular flexibility index (Phi) is 6.25. The lowest BCUT2D eigenvalue weighted by atomic mass is 10.1. The number of hydrogen-bond donors (Lipinski definition) is 2. The van der Waals surface area contributed by atoms with E-state index in [1.807, 2.05) is 31.2 Å². The molecular weight excluding hydrogens is 396 g/mol. The van der Waals surface area contributed by atoms with Crippen molar-refractivity contribution in [1.29, 1.82) is 0 Å². The van der Waals surface area contributed by atoms with Crippen molar-refractivity contribution in [2.75, 3.05) is 11.9 Å². The first kappa shape index (κ1) is 20.1. The van der Waals surface area contributed by atoms with E-state index in [-0.39, 0.29) is 18.1 Å². The Balaban J connectivity index is 1.58. The summed E-state index contributed by atoms with van der Waals surface area (Å²) in [6.45, 7) is 2.03. The minimum absolute atomic E-state index is 0.0630. The standard InChI is InChI=1S/C20H17ClN4O4/c1-13-3-2-4-14(9-13)22-12-20(26)24-23-11-16-6-8-19(29-16)17-10-15(25(27)28)5-7-18(17)21/h2-11,22H,12H2,1H3,(H,24,26)/b23-11-. The molecule has 1 heterocycles. The maximum Gasteiger partial charge on any atom is 0.270 e. The van der Waals surface area contributed by atoms with Gasteiger partial charge in [-0.25, -0.2) is 5.43 Å². The van der Waals surface area contributed by atoms with Crippen molar-refractivity contribution in [2.45, 2.75) is 6.92 Å². The number of furan rings is 1. The first-order valence-corrected chi connectivity index (χ1v) is 8.97. The van der Waals surface area contributed by atoms with Crippen molar-refractivity contribution in [3.05, 3.63) is 81.1 Å². The van der Waals surface area contributed by atoms with Gasteiger partial charge in [-0.15, -0.1) is 0 Å². The average molecular weight is 413 g/mol. The zero-order valence-corrected chi connectivity index (χ0v) is 16.1. The number of nitrogens with one attached hydrogen (secondary N) is 2. The van der Waals surface area contributed by atoms with Crippen LogP contribution in [0, 0.1) is 17.0 Å². The van der Waals surface area contributed by atoms with Gasteiger partial charge in [0.25, 0.3) is 11.6 Å². The Bertz CT molecular complexity index is 1080. The topological polar surface area (TPSA) is 110 Å². The van der Waals surface area contributed by atoms with Crippen molar-refractivity contribution in [2.24, 2.45) is 5.10 Å². The van der Waals surface area contributed by atoms with Crippen LogP contribution in [0.3, 0.4) is 0 Å². The molecule has 0 saturated heterocycles. The van der Waals surface area contributed by atoms with E-state index in [4.69, 9.17) is 16.0 Å².